The SMILES string of the molecule is CCOC(=O)C1(NCc2cccc(O[Si](C)(C)C(C)(C)C)c2)CCC1. The van der Waals surface area contributed by atoms with Gasteiger partial charge in [-0.3, -0.25) is 10.1 Å². The van der Waals surface area contributed by atoms with E-state index in [4.69, 9.17) is 9.16 Å². The van der Waals surface area contributed by atoms with Gasteiger partial charge in [0.15, 0.2) is 0 Å². The molecule has 0 saturated heterocycles. The van der Waals surface area contributed by atoms with E-state index in [0.29, 0.717) is 13.2 Å². The first-order chi connectivity index (χ1) is 11.6. The van der Waals surface area contributed by atoms with Crippen LogP contribution in [-0.4, -0.2) is 26.4 Å². The van der Waals surface area contributed by atoms with Crippen LogP contribution in [0.3, 0.4) is 0 Å². The molecule has 5 heteroatoms. The van der Waals surface area contributed by atoms with Crippen molar-refractivity contribution in [2.75, 3.05) is 6.61 Å². The Bertz CT molecular complexity index is 603. The molecule has 1 aromatic carbocycles. The zero-order valence-electron chi connectivity index (χ0n) is 16.6. The Labute approximate surface area is 153 Å². The van der Waals surface area contributed by atoms with Crippen molar-refractivity contribution in [3.63, 3.8) is 0 Å². The van der Waals surface area contributed by atoms with Crippen molar-refractivity contribution in [1.82, 2.24) is 5.32 Å². The minimum atomic E-state index is -1.85. The quantitative estimate of drug-likeness (QED) is 0.566. The Morgan fingerprint density at radius 2 is 1.96 bits per heavy atom. The van der Waals surface area contributed by atoms with Crippen LogP contribution in [0.5, 0.6) is 5.75 Å². The molecular formula is C20H33NO3Si. The molecule has 1 aromatic rings. The van der Waals surface area contributed by atoms with E-state index in [9.17, 15) is 4.79 Å². The van der Waals surface area contributed by atoms with Crippen molar-refractivity contribution in [2.45, 2.75) is 77.2 Å². The highest BCUT2D eigenvalue weighted by Gasteiger charge is 2.45. The van der Waals surface area contributed by atoms with Gasteiger partial charge in [0.1, 0.15) is 11.3 Å². The van der Waals surface area contributed by atoms with Crippen molar-refractivity contribution >= 4 is 14.3 Å². The van der Waals surface area contributed by atoms with Gasteiger partial charge in [0.05, 0.1) is 6.61 Å². The van der Waals surface area contributed by atoms with Crippen LogP contribution >= 0.6 is 0 Å². The van der Waals surface area contributed by atoms with Gasteiger partial charge in [-0.05, 0) is 62.0 Å². The average molecular weight is 364 g/mol. The van der Waals surface area contributed by atoms with Gasteiger partial charge in [-0.25, -0.2) is 0 Å². The predicted octanol–water partition coefficient (Wildman–Crippen LogP) is 4.65. The van der Waals surface area contributed by atoms with Crippen LogP contribution in [0.1, 0.15) is 52.5 Å². The number of ether oxygens (including phenoxy) is 1. The molecule has 140 valence electrons. The summed E-state index contributed by atoms with van der Waals surface area (Å²) in [7, 11) is -1.85. The minimum Gasteiger partial charge on any atom is -0.543 e. The van der Waals surface area contributed by atoms with Crippen LogP contribution in [0.4, 0.5) is 0 Å². The van der Waals surface area contributed by atoms with E-state index in [2.05, 4.69) is 51.3 Å². The summed E-state index contributed by atoms with van der Waals surface area (Å²) in [5.41, 5.74) is 0.638. The minimum absolute atomic E-state index is 0.116. The molecule has 2 rings (SSSR count). The Hall–Kier alpha value is -1.33. The average Bonchev–Trinajstić information content (AvgIpc) is 2.45. The fourth-order valence-electron chi connectivity index (χ4n) is 2.69. The Balaban J connectivity index is 2.03. The highest BCUT2D eigenvalue weighted by molar-refractivity contribution is 6.74. The van der Waals surface area contributed by atoms with E-state index >= 15 is 0 Å². The molecule has 0 heterocycles. The molecule has 25 heavy (non-hydrogen) atoms. The highest BCUT2D eigenvalue weighted by atomic mass is 28.4. The molecule has 4 nitrogen and oxygen atoms in total. The summed E-state index contributed by atoms with van der Waals surface area (Å²) < 4.78 is 11.6. The van der Waals surface area contributed by atoms with Gasteiger partial charge in [0, 0.05) is 6.54 Å². The summed E-state index contributed by atoms with van der Waals surface area (Å²) in [4.78, 5) is 12.2. The van der Waals surface area contributed by atoms with Crippen molar-refractivity contribution in [3.05, 3.63) is 29.8 Å². The first kappa shape index (κ1) is 20.0. The molecule has 0 aromatic heterocycles. The second kappa shape index (κ2) is 7.50. The van der Waals surface area contributed by atoms with E-state index in [1.54, 1.807) is 0 Å². The van der Waals surface area contributed by atoms with Gasteiger partial charge in [-0.15, -0.1) is 0 Å². The topological polar surface area (TPSA) is 47.6 Å². The fraction of sp³-hybridized carbons (Fsp3) is 0.650. The summed E-state index contributed by atoms with van der Waals surface area (Å²) in [6, 6.07) is 8.21. The smallest absolute Gasteiger partial charge is 0.326 e. The van der Waals surface area contributed by atoms with E-state index in [0.717, 1.165) is 30.6 Å². The molecule has 1 saturated carbocycles. The van der Waals surface area contributed by atoms with Crippen molar-refractivity contribution in [2.24, 2.45) is 0 Å². The predicted molar refractivity (Wildman–Crippen MR) is 104 cm³/mol. The van der Waals surface area contributed by atoms with Crippen LogP contribution < -0.4 is 9.74 Å². The summed E-state index contributed by atoms with van der Waals surface area (Å²) in [6.45, 7) is 14.2. The summed E-state index contributed by atoms with van der Waals surface area (Å²) in [5.74, 6) is 0.805. The van der Waals surface area contributed by atoms with Crippen molar-refractivity contribution < 1.29 is 14.0 Å². The van der Waals surface area contributed by atoms with Gasteiger partial charge < -0.3 is 9.16 Å². The van der Waals surface area contributed by atoms with Gasteiger partial charge in [-0.1, -0.05) is 32.9 Å². The summed E-state index contributed by atoms with van der Waals surface area (Å²) >= 11 is 0. The number of esters is 1. The number of carbonyl (C=O) groups excluding carboxylic acids is 1. The number of rotatable bonds is 7. The largest absolute Gasteiger partial charge is 0.543 e. The molecule has 0 bridgehead atoms. The normalized spacial score (nSPS) is 16.9. The molecular weight excluding hydrogens is 330 g/mol. The van der Waals surface area contributed by atoms with Crippen LogP contribution in [0.2, 0.25) is 18.1 Å². The van der Waals surface area contributed by atoms with Crippen LogP contribution in [0.15, 0.2) is 24.3 Å². The Kier molecular flexibility index (Phi) is 6.00. The van der Waals surface area contributed by atoms with Crippen LogP contribution in [-0.2, 0) is 16.1 Å². The van der Waals surface area contributed by atoms with Gasteiger partial charge >= 0.3 is 5.97 Å². The standard InChI is InChI=1S/C20H33NO3Si/c1-7-23-18(22)20(12-9-13-20)21-15-16-10-8-11-17(14-16)24-25(5,6)19(2,3)4/h8,10-11,14,21H,7,9,12-13,15H2,1-6H3. The van der Waals surface area contributed by atoms with Crippen LogP contribution in [0, 0.1) is 0 Å². The van der Waals surface area contributed by atoms with Gasteiger partial charge in [0.25, 0.3) is 0 Å². The van der Waals surface area contributed by atoms with Crippen LogP contribution in [0.25, 0.3) is 0 Å². The van der Waals surface area contributed by atoms with E-state index < -0.39 is 13.9 Å². The lowest BCUT2D eigenvalue weighted by atomic mass is 9.76. The maximum atomic E-state index is 12.2. The molecule has 1 aliphatic carbocycles. The molecule has 0 aliphatic heterocycles. The van der Waals surface area contributed by atoms with Crippen molar-refractivity contribution in [3.8, 4) is 5.75 Å². The second-order valence-corrected chi connectivity index (χ2v) is 13.2. The summed E-state index contributed by atoms with van der Waals surface area (Å²) in [5, 5.41) is 3.60. The number of hydrogen-bond donors (Lipinski definition) is 1. The van der Waals surface area contributed by atoms with E-state index in [1.165, 1.54) is 0 Å². The number of benzene rings is 1. The number of nitrogens with one attached hydrogen (secondary N) is 1. The molecule has 1 fully saturated rings. The summed E-state index contributed by atoms with van der Waals surface area (Å²) in [6.07, 6.45) is 2.78. The first-order valence-electron chi connectivity index (χ1n) is 9.30. The molecule has 0 spiro atoms. The monoisotopic (exact) mass is 363 g/mol. The maximum absolute atomic E-state index is 12.2. The van der Waals surface area contributed by atoms with E-state index in [1.807, 2.05) is 19.1 Å². The molecule has 1 aliphatic rings. The molecule has 0 amide bonds. The maximum Gasteiger partial charge on any atom is 0.326 e. The zero-order chi connectivity index (χ0) is 18.7. The molecule has 1 N–H and O–H groups in total. The Morgan fingerprint density at radius 3 is 2.48 bits per heavy atom. The van der Waals surface area contributed by atoms with Crippen molar-refractivity contribution in [1.29, 1.82) is 0 Å². The van der Waals surface area contributed by atoms with Gasteiger partial charge in [0.2, 0.25) is 8.32 Å². The third-order valence-electron chi connectivity index (χ3n) is 5.58. The highest BCUT2D eigenvalue weighted by Crippen LogP contribution is 2.37. The molecule has 0 atom stereocenters. The molecule has 0 radical (unpaired) electrons. The third kappa shape index (κ3) is 4.64. The lowest BCUT2D eigenvalue weighted by molar-refractivity contribution is -0.155. The lowest BCUT2D eigenvalue weighted by Gasteiger charge is -2.40. The first-order valence-corrected chi connectivity index (χ1v) is 12.2. The Morgan fingerprint density at radius 1 is 1.28 bits per heavy atom. The van der Waals surface area contributed by atoms with E-state index in [-0.39, 0.29) is 11.0 Å². The lowest BCUT2D eigenvalue weighted by Crippen LogP contribution is -2.57. The van der Waals surface area contributed by atoms with Gasteiger partial charge in [-0.2, -0.15) is 0 Å². The fourth-order valence-corrected chi connectivity index (χ4v) is 3.71. The third-order valence-corrected chi connectivity index (χ3v) is 9.94. The zero-order valence-corrected chi connectivity index (χ0v) is 17.6. The molecule has 0 unspecified atom stereocenters. The number of carbonyl (C=O) groups is 1. The number of hydrogen-bond acceptors (Lipinski definition) is 4. The second-order valence-electron chi connectivity index (χ2n) is 8.52.